The number of aromatic nitrogens is 3. The lowest BCUT2D eigenvalue weighted by Crippen LogP contribution is -2.15. The fourth-order valence-electron chi connectivity index (χ4n) is 2.90. The summed E-state index contributed by atoms with van der Waals surface area (Å²) in [5.41, 5.74) is 2.88. The van der Waals surface area contributed by atoms with Crippen LogP contribution in [-0.4, -0.2) is 39.6 Å². The van der Waals surface area contributed by atoms with E-state index in [0.29, 0.717) is 13.2 Å². The molecule has 2 aromatic carbocycles. The third-order valence-corrected chi connectivity index (χ3v) is 5.34. The van der Waals surface area contributed by atoms with E-state index in [1.165, 1.54) is 11.8 Å². The van der Waals surface area contributed by atoms with Crippen LogP contribution >= 0.6 is 11.8 Å². The molecule has 0 fully saturated rings. The summed E-state index contributed by atoms with van der Waals surface area (Å²) < 4.78 is 7.54. The highest BCUT2D eigenvalue weighted by atomic mass is 32.2. The Kier molecular flexibility index (Phi) is 7.84. The molecule has 0 radical (unpaired) electrons. The number of nitrogens with one attached hydrogen (secondary N) is 1. The van der Waals surface area contributed by atoms with Crippen LogP contribution in [0, 0.1) is 6.92 Å². The predicted octanol–water partition coefficient (Wildman–Crippen LogP) is 4.41. The van der Waals surface area contributed by atoms with Crippen LogP contribution in [0.1, 0.15) is 18.9 Å². The second kappa shape index (κ2) is 10.8. The molecule has 1 aromatic heterocycles. The zero-order valence-electron chi connectivity index (χ0n) is 16.8. The van der Waals surface area contributed by atoms with E-state index in [0.717, 1.165) is 40.8 Å². The monoisotopic (exact) mass is 410 g/mol. The van der Waals surface area contributed by atoms with Crippen molar-refractivity contribution in [1.29, 1.82) is 0 Å². The fourth-order valence-corrected chi connectivity index (χ4v) is 3.66. The van der Waals surface area contributed by atoms with Gasteiger partial charge in [-0.3, -0.25) is 4.79 Å². The Balaban J connectivity index is 1.69. The Labute approximate surface area is 175 Å². The van der Waals surface area contributed by atoms with Gasteiger partial charge in [0.25, 0.3) is 0 Å². The smallest absolute Gasteiger partial charge is 0.234 e. The van der Waals surface area contributed by atoms with Gasteiger partial charge in [-0.1, -0.05) is 60.3 Å². The van der Waals surface area contributed by atoms with Crippen molar-refractivity contribution < 1.29 is 9.53 Å². The van der Waals surface area contributed by atoms with Crippen LogP contribution < -0.4 is 5.32 Å². The minimum atomic E-state index is -0.0607. The maximum Gasteiger partial charge on any atom is 0.234 e. The Morgan fingerprint density at radius 3 is 2.62 bits per heavy atom. The molecule has 0 aliphatic carbocycles. The third kappa shape index (κ3) is 5.92. The number of para-hydroxylation sites is 1. The molecule has 0 saturated carbocycles. The van der Waals surface area contributed by atoms with Crippen LogP contribution in [0.3, 0.4) is 0 Å². The van der Waals surface area contributed by atoms with Crippen molar-refractivity contribution in [2.24, 2.45) is 0 Å². The third-order valence-electron chi connectivity index (χ3n) is 4.37. The second-order valence-corrected chi connectivity index (χ2v) is 7.47. The maximum atomic E-state index is 12.4. The summed E-state index contributed by atoms with van der Waals surface area (Å²) in [5.74, 6) is 1.02. The lowest BCUT2D eigenvalue weighted by Gasteiger charge is -2.11. The fraction of sp³-hybridized carbons (Fsp3) is 0.318. The first-order valence-corrected chi connectivity index (χ1v) is 10.7. The number of nitrogens with zero attached hydrogens (tertiary/aromatic N) is 3. The number of thioether (sulfide) groups is 1. The van der Waals surface area contributed by atoms with Gasteiger partial charge >= 0.3 is 0 Å². The number of carbonyl (C=O) groups excluding carboxylic acids is 1. The molecule has 29 heavy (non-hydrogen) atoms. The molecule has 0 aliphatic heterocycles. The van der Waals surface area contributed by atoms with E-state index in [1.807, 2.05) is 68.4 Å². The van der Waals surface area contributed by atoms with E-state index in [1.54, 1.807) is 0 Å². The molecule has 1 heterocycles. The van der Waals surface area contributed by atoms with Gasteiger partial charge < -0.3 is 14.6 Å². The van der Waals surface area contributed by atoms with Crippen molar-refractivity contribution in [3.8, 4) is 11.4 Å². The molecule has 6 nitrogen and oxygen atoms in total. The SMILES string of the molecule is CCOCCCn1c(SCC(=O)Nc2ccccc2C)nnc1-c1ccccc1. The van der Waals surface area contributed by atoms with Gasteiger partial charge in [0.2, 0.25) is 5.91 Å². The van der Waals surface area contributed by atoms with E-state index in [9.17, 15) is 4.79 Å². The zero-order chi connectivity index (χ0) is 20.5. The van der Waals surface area contributed by atoms with E-state index < -0.39 is 0 Å². The van der Waals surface area contributed by atoms with E-state index in [-0.39, 0.29) is 11.7 Å². The molecule has 0 saturated heterocycles. The highest BCUT2D eigenvalue weighted by molar-refractivity contribution is 7.99. The Morgan fingerprint density at radius 1 is 1.10 bits per heavy atom. The van der Waals surface area contributed by atoms with Gasteiger partial charge in [0.1, 0.15) is 0 Å². The summed E-state index contributed by atoms with van der Waals surface area (Å²) >= 11 is 1.40. The van der Waals surface area contributed by atoms with Crippen LogP contribution in [0.5, 0.6) is 0 Å². The summed E-state index contributed by atoms with van der Waals surface area (Å²) in [5, 5.41) is 12.4. The Bertz CT molecular complexity index is 928. The number of carbonyl (C=O) groups is 1. The Morgan fingerprint density at radius 2 is 1.86 bits per heavy atom. The highest BCUT2D eigenvalue weighted by Gasteiger charge is 2.15. The number of aryl methyl sites for hydroxylation is 1. The first kappa shape index (κ1) is 21.1. The summed E-state index contributed by atoms with van der Waals surface area (Å²) in [6.45, 7) is 6.08. The van der Waals surface area contributed by atoms with Crippen LogP contribution in [0.4, 0.5) is 5.69 Å². The average Bonchev–Trinajstić information content (AvgIpc) is 3.15. The van der Waals surface area contributed by atoms with Crippen molar-refractivity contribution in [2.45, 2.75) is 32.0 Å². The van der Waals surface area contributed by atoms with Crippen molar-refractivity contribution in [2.75, 3.05) is 24.3 Å². The van der Waals surface area contributed by atoms with E-state index >= 15 is 0 Å². The van der Waals surface area contributed by atoms with Gasteiger partial charge in [0.15, 0.2) is 11.0 Å². The number of ether oxygens (including phenoxy) is 1. The standard InChI is InChI=1S/C22H26N4O2S/c1-3-28-15-9-14-26-21(18-11-5-4-6-12-18)24-25-22(26)29-16-20(27)23-19-13-8-7-10-17(19)2/h4-8,10-13H,3,9,14-16H2,1-2H3,(H,23,27). The van der Waals surface area contributed by atoms with Crippen molar-refractivity contribution in [3.05, 3.63) is 60.2 Å². The second-order valence-electron chi connectivity index (χ2n) is 6.53. The molecule has 1 N–H and O–H groups in total. The molecule has 0 unspecified atom stereocenters. The summed E-state index contributed by atoms with van der Waals surface area (Å²) in [4.78, 5) is 12.4. The quantitative estimate of drug-likeness (QED) is 0.396. The average molecular weight is 411 g/mol. The molecule has 3 rings (SSSR count). The Hall–Kier alpha value is -2.64. The van der Waals surface area contributed by atoms with E-state index in [4.69, 9.17) is 4.74 Å². The van der Waals surface area contributed by atoms with Gasteiger partial charge in [0, 0.05) is 31.0 Å². The van der Waals surface area contributed by atoms with Crippen molar-refractivity contribution in [1.82, 2.24) is 14.8 Å². The number of hydrogen-bond acceptors (Lipinski definition) is 5. The predicted molar refractivity (Wildman–Crippen MR) is 117 cm³/mol. The summed E-state index contributed by atoms with van der Waals surface area (Å²) in [7, 11) is 0. The minimum Gasteiger partial charge on any atom is -0.382 e. The molecule has 0 spiro atoms. The van der Waals surface area contributed by atoms with Crippen molar-refractivity contribution >= 4 is 23.4 Å². The van der Waals surface area contributed by atoms with Gasteiger partial charge in [0.05, 0.1) is 5.75 Å². The summed E-state index contributed by atoms with van der Waals surface area (Å²) in [6.07, 6.45) is 0.856. The van der Waals surface area contributed by atoms with Gasteiger partial charge in [-0.15, -0.1) is 10.2 Å². The number of hydrogen-bond donors (Lipinski definition) is 1. The molecule has 0 aliphatic rings. The molecule has 3 aromatic rings. The molecule has 0 atom stereocenters. The first-order chi connectivity index (χ1) is 14.2. The number of anilines is 1. The lowest BCUT2D eigenvalue weighted by molar-refractivity contribution is -0.113. The number of amides is 1. The van der Waals surface area contributed by atoms with Gasteiger partial charge in [-0.05, 0) is 31.9 Å². The lowest BCUT2D eigenvalue weighted by atomic mass is 10.2. The minimum absolute atomic E-state index is 0.0607. The maximum absolute atomic E-state index is 12.4. The van der Waals surface area contributed by atoms with Crippen LogP contribution in [0.15, 0.2) is 59.8 Å². The number of rotatable bonds is 10. The zero-order valence-corrected chi connectivity index (χ0v) is 17.6. The van der Waals surface area contributed by atoms with Crippen LogP contribution in [0.2, 0.25) is 0 Å². The van der Waals surface area contributed by atoms with Gasteiger partial charge in [-0.25, -0.2) is 0 Å². The van der Waals surface area contributed by atoms with Gasteiger partial charge in [-0.2, -0.15) is 0 Å². The molecule has 1 amide bonds. The normalized spacial score (nSPS) is 10.8. The number of benzene rings is 2. The van der Waals surface area contributed by atoms with Crippen LogP contribution in [0.25, 0.3) is 11.4 Å². The molecule has 0 bridgehead atoms. The van der Waals surface area contributed by atoms with Crippen molar-refractivity contribution in [3.63, 3.8) is 0 Å². The topological polar surface area (TPSA) is 69.0 Å². The molecular formula is C22H26N4O2S. The molecular weight excluding hydrogens is 384 g/mol. The van der Waals surface area contributed by atoms with Crippen LogP contribution in [-0.2, 0) is 16.1 Å². The first-order valence-electron chi connectivity index (χ1n) is 9.73. The summed E-state index contributed by atoms with van der Waals surface area (Å²) in [6, 6.07) is 17.7. The molecule has 7 heteroatoms. The highest BCUT2D eigenvalue weighted by Crippen LogP contribution is 2.24. The largest absolute Gasteiger partial charge is 0.382 e. The van der Waals surface area contributed by atoms with E-state index in [2.05, 4.69) is 20.1 Å². The molecule has 152 valence electrons.